The Morgan fingerprint density at radius 2 is 1.68 bits per heavy atom. The molecule has 0 aromatic rings. The Balaban J connectivity index is 1.68. The monoisotopic (exact) mass is 306 g/mol. The second kappa shape index (κ2) is 5.54. The SMILES string of the molecule is C[C@@H]1C[C@H](NC(=O)[C@@H]2[C@@H]3CC[C@@H](C3)[C@@H]2C(=O)[O-])CC(C)(C)C1. The van der Waals surface area contributed by atoms with E-state index in [0.29, 0.717) is 5.92 Å². The number of carboxylic acid groups (broad SMARTS) is 1. The van der Waals surface area contributed by atoms with Crippen LogP contribution in [0.4, 0.5) is 0 Å². The fourth-order valence-corrected chi connectivity index (χ4v) is 5.76. The van der Waals surface area contributed by atoms with Crippen molar-refractivity contribution in [3.8, 4) is 0 Å². The Kier molecular flexibility index (Phi) is 3.98. The summed E-state index contributed by atoms with van der Waals surface area (Å²) in [5.41, 5.74) is 0.248. The quantitative estimate of drug-likeness (QED) is 0.863. The lowest BCUT2D eigenvalue weighted by Crippen LogP contribution is -2.50. The molecule has 0 aromatic carbocycles. The molecule has 3 rings (SSSR count). The minimum absolute atomic E-state index is 0.0312. The molecule has 0 aliphatic heterocycles. The molecule has 22 heavy (non-hydrogen) atoms. The van der Waals surface area contributed by atoms with Gasteiger partial charge in [0.25, 0.3) is 0 Å². The summed E-state index contributed by atoms with van der Waals surface area (Å²) in [7, 11) is 0. The summed E-state index contributed by atoms with van der Waals surface area (Å²) in [5.74, 6) is -0.960. The average Bonchev–Trinajstić information content (AvgIpc) is 2.95. The van der Waals surface area contributed by atoms with Gasteiger partial charge in [0.2, 0.25) is 5.91 Å². The minimum atomic E-state index is -1.02. The summed E-state index contributed by atoms with van der Waals surface area (Å²) in [6.07, 6.45) is 6.02. The predicted octanol–water partition coefficient (Wildman–Crippen LogP) is 1.73. The van der Waals surface area contributed by atoms with E-state index >= 15 is 0 Å². The Morgan fingerprint density at radius 3 is 2.27 bits per heavy atom. The van der Waals surface area contributed by atoms with Crippen molar-refractivity contribution in [1.29, 1.82) is 0 Å². The van der Waals surface area contributed by atoms with Gasteiger partial charge in [0.1, 0.15) is 0 Å². The lowest BCUT2D eigenvalue weighted by molar-refractivity contribution is -0.314. The number of carbonyl (C=O) groups excluding carboxylic acids is 2. The molecule has 0 unspecified atom stereocenters. The van der Waals surface area contributed by atoms with Gasteiger partial charge in [-0.25, -0.2) is 0 Å². The van der Waals surface area contributed by atoms with Gasteiger partial charge >= 0.3 is 0 Å². The van der Waals surface area contributed by atoms with Gasteiger partial charge in [-0.05, 0) is 61.7 Å². The Labute approximate surface area is 133 Å². The Morgan fingerprint density at radius 1 is 1.05 bits per heavy atom. The van der Waals surface area contributed by atoms with Gasteiger partial charge in [0.05, 0.1) is 0 Å². The van der Waals surface area contributed by atoms with Crippen LogP contribution in [0.2, 0.25) is 0 Å². The number of carboxylic acids is 1. The maximum Gasteiger partial charge on any atom is 0.224 e. The Hall–Kier alpha value is -1.06. The normalized spacial score (nSPS) is 43.0. The van der Waals surface area contributed by atoms with Gasteiger partial charge in [0, 0.05) is 23.8 Å². The van der Waals surface area contributed by atoms with Crippen molar-refractivity contribution >= 4 is 11.9 Å². The summed E-state index contributed by atoms with van der Waals surface area (Å²) in [6, 6.07) is 0.188. The number of hydrogen-bond acceptors (Lipinski definition) is 3. The Bertz CT molecular complexity index is 473. The molecule has 0 aromatic heterocycles. The van der Waals surface area contributed by atoms with Crippen LogP contribution >= 0.6 is 0 Å². The van der Waals surface area contributed by atoms with Crippen molar-refractivity contribution in [3.63, 3.8) is 0 Å². The zero-order chi connectivity index (χ0) is 16.1. The van der Waals surface area contributed by atoms with Crippen LogP contribution in [0.15, 0.2) is 0 Å². The summed E-state index contributed by atoms with van der Waals surface area (Å²) < 4.78 is 0. The van der Waals surface area contributed by atoms with Gasteiger partial charge in [-0.3, -0.25) is 4.79 Å². The van der Waals surface area contributed by atoms with E-state index in [2.05, 4.69) is 26.1 Å². The molecule has 0 saturated heterocycles. The minimum Gasteiger partial charge on any atom is -0.550 e. The second-order valence-electron chi connectivity index (χ2n) is 8.82. The smallest absolute Gasteiger partial charge is 0.224 e. The standard InChI is InChI=1S/C18H29NO3/c1-10-6-13(9-18(2,3)8-10)19-16(20)14-11-4-5-12(7-11)15(14)17(21)22/h10-15H,4-9H2,1-3H3,(H,19,20)(H,21,22)/p-1/t10-,11-,12+,13+,14-,15+/m1/s1. The van der Waals surface area contributed by atoms with Crippen molar-refractivity contribution in [1.82, 2.24) is 5.32 Å². The van der Waals surface area contributed by atoms with Crippen molar-refractivity contribution in [2.75, 3.05) is 0 Å². The van der Waals surface area contributed by atoms with Gasteiger partial charge in [-0.1, -0.05) is 20.8 Å². The third-order valence-electron chi connectivity index (χ3n) is 6.22. The number of rotatable bonds is 3. The molecule has 3 saturated carbocycles. The van der Waals surface area contributed by atoms with Crippen LogP contribution in [0.5, 0.6) is 0 Å². The second-order valence-corrected chi connectivity index (χ2v) is 8.82. The van der Waals surface area contributed by atoms with Crippen molar-refractivity contribution in [2.24, 2.45) is 35.0 Å². The van der Waals surface area contributed by atoms with E-state index in [9.17, 15) is 14.7 Å². The fourth-order valence-electron chi connectivity index (χ4n) is 5.76. The van der Waals surface area contributed by atoms with Crippen LogP contribution in [-0.4, -0.2) is 17.9 Å². The number of nitrogens with one attached hydrogen (secondary N) is 1. The summed E-state index contributed by atoms with van der Waals surface area (Å²) >= 11 is 0. The molecular formula is C18H28NO3-. The highest BCUT2D eigenvalue weighted by molar-refractivity contribution is 5.85. The topological polar surface area (TPSA) is 69.2 Å². The molecule has 0 spiro atoms. The van der Waals surface area contributed by atoms with Gasteiger partial charge < -0.3 is 15.2 Å². The first-order chi connectivity index (χ1) is 10.3. The first-order valence-electron chi connectivity index (χ1n) is 8.78. The first kappa shape index (κ1) is 15.8. The van der Waals surface area contributed by atoms with Crippen LogP contribution in [0.3, 0.4) is 0 Å². The lowest BCUT2D eigenvalue weighted by atomic mass is 9.70. The third-order valence-corrected chi connectivity index (χ3v) is 6.22. The number of fused-ring (bicyclic) bond motifs is 2. The van der Waals surface area contributed by atoms with E-state index < -0.39 is 11.9 Å². The maximum absolute atomic E-state index is 12.7. The third kappa shape index (κ3) is 2.89. The van der Waals surface area contributed by atoms with Gasteiger partial charge in [-0.15, -0.1) is 0 Å². The van der Waals surface area contributed by atoms with E-state index in [1.54, 1.807) is 0 Å². The largest absolute Gasteiger partial charge is 0.550 e. The molecule has 4 heteroatoms. The molecule has 3 aliphatic carbocycles. The highest BCUT2D eigenvalue weighted by Gasteiger charge is 2.51. The molecule has 3 aliphatic rings. The summed E-state index contributed by atoms with van der Waals surface area (Å²) in [4.78, 5) is 24.2. The van der Waals surface area contributed by atoms with E-state index in [1.807, 2.05) is 0 Å². The molecule has 1 N–H and O–H groups in total. The molecule has 2 bridgehead atoms. The van der Waals surface area contributed by atoms with Crippen LogP contribution < -0.4 is 10.4 Å². The molecule has 124 valence electrons. The highest BCUT2D eigenvalue weighted by atomic mass is 16.4. The van der Waals surface area contributed by atoms with E-state index in [-0.39, 0.29) is 35.1 Å². The molecule has 3 fully saturated rings. The predicted molar refractivity (Wildman–Crippen MR) is 81.5 cm³/mol. The van der Waals surface area contributed by atoms with Crippen LogP contribution in [-0.2, 0) is 9.59 Å². The molecule has 1 amide bonds. The average molecular weight is 306 g/mol. The van der Waals surface area contributed by atoms with Gasteiger partial charge in [-0.2, -0.15) is 0 Å². The number of carbonyl (C=O) groups is 2. The number of aliphatic carboxylic acids is 1. The van der Waals surface area contributed by atoms with Crippen LogP contribution in [0.1, 0.15) is 59.3 Å². The maximum atomic E-state index is 12.7. The fraction of sp³-hybridized carbons (Fsp3) is 0.889. The van der Waals surface area contributed by atoms with Crippen molar-refractivity contribution < 1.29 is 14.7 Å². The van der Waals surface area contributed by atoms with Crippen LogP contribution in [0.25, 0.3) is 0 Å². The highest BCUT2D eigenvalue weighted by Crippen LogP contribution is 2.52. The molecule has 6 atom stereocenters. The van der Waals surface area contributed by atoms with Crippen molar-refractivity contribution in [3.05, 3.63) is 0 Å². The zero-order valence-electron chi connectivity index (χ0n) is 13.9. The van der Waals surface area contributed by atoms with Gasteiger partial charge in [0.15, 0.2) is 0 Å². The van der Waals surface area contributed by atoms with Crippen LogP contribution in [0, 0.1) is 35.0 Å². The van der Waals surface area contributed by atoms with E-state index in [1.165, 1.54) is 6.42 Å². The zero-order valence-corrected chi connectivity index (χ0v) is 13.9. The van der Waals surface area contributed by atoms with E-state index in [0.717, 1.165) is 32.1 Å². The lowest BCUT2D eigenvalue weighted by Gasteiger charge is -2.40. The summed E-state index contributed by atoms with van der Waals surface area (Å²) in [5, 5.41) is 14.6. The number of amides is 1. The van der Waals surface area contributed by atoms with E-state index in [4.69, 9.17) is 0 Å². The first-order valence-corrected chi connectivity index (χ1v) is 8.78. The molecule has 4 nitrogen and oxygen atoms in total. The summed E-state index contributed by atoms with van der Waals surface area (Å²) in [6.45, 7) is 6.74. The molecular weight excluding hydrogens is 278 g/mol. The van der Waals surface area contributed by atoms with Crippen molar-refractivity contribution in [2.45, 2.75) is 65.3 Å². The molecule has 0 radical (unpaired) electrons. The number of hydrogen-bond donors (Lipinski definition) is 1. The molecule has 0 heterocycles.